The lowest BCUT2D eigenvalue weighted by Crippen LogP contribution is -2.29. The van der Waals surface area contributed by atoms with Crippen molar-refractivity contribution in [3.63, 3.8) is 0 Å². The number of para-hydroxylation sites is 1. The van der Waals surface area contributed by atoms with Crippen LogP contribution in [0.1, 0.15) is 47.6 Å². The van der Waals surface area contributed by atoms with Crippen LogP contribution in [-0.4, -0.2) is 50.8 Å². The summed E-state index contributed by atoms with van der Waals surface area (Å²) in [5.74, 6) is 2.09. The van der Waals surface area contributed by atoms with Crippen LogP contribution in [0.15, 0.2) is 30.3 Å². The Morgan fingerprint density at radius 1 is 1.10 bits per heavy atom. The van der Waals surface area contributed by atoms with Crippen LogP contribution in [0.2, 0.25) is 0 Å². The van der Waals surface area contributed by atoms with E-state index in [1.807, 2.05) is 7.05 Å². The van der Waals surface area contributed by atoms with Crippen LogP contribution in [0.25, 0.3) is 0 Å². The van der Waals surface area contributed by atoms with Gasteiger partial charge in [0.2, 0.25) is 0 Å². The fraction of sp³-hybridized carbons (Fsp3) is 0.538. The van der Waals surface area contributed by atoms with E-state index < -0.39 is 0 Å². The third-order valence-corrected chi connectivity index (χ3v) is 6.01. The molecule has 0 spiro atoms. The Labute approximate surface area is 182 Å². The fourth-order valence-corrected chi connectivity index (χ4v) is 4.39. The molecule has 2 aromatic rings. The Hall–Kier alpha value is -2.04. The number of nitrogens with zero attached hydrogens (tertiary/aromatic N) is 1. The molecule has 0 aliphatic carbocycles. The van der Waals surface area contributed by atoms with Crippen molar-refractivity contribution in [2.75, 3.05) is 33.7 Å². The van der Waals surface area contributed by atoms with Gasteiger partial charge in [-0.25, -0.2) is 0 Å². The Bertz CT molecular complexity index is 826. The summed E-state index contributed by atoms with van der Waals surface area (Å²) in [4.78, 5) is 2.34. The molecule has 2 aromatic carbocycles. The molecule has 164 valence electrons. The van der Waals surface area contributed by atoms with Crippen molar-refractivity contribution in [2.24, 2.45) is 0 Å². The van der Waals surface area contributed by atoms with Gasteiger partial charge in [-0.3, -0.25) is 0 Å². The van der Waals surface area contributed by atoms with Crippen LogP contribution in [0.3, 0.4) is 0 Å². The standard InChI is InChI=1S/C26H38N2O2/c1-7-23(16-27-5)29-25-19(3)13-21(14-20(25)4)15-22-10-8-9-18(2)26(22)30-24-11-12-28(6)17-24/h8-10,13-14,23-24,27H,7,11-12,15-17H2,1-6H3. The molecule has 4 nitrogen and oxygen atoms in total. The van der Waals surface area contributed by atoms with Gasteiger partial charge in [0.15, 0.2) is 0 Å². The first-order valence-corrected chi connectivity index (χ1v) is 11.3. The van der Waals surface area contributed by atoms with Crippen molar-refractivity contribution in [1.29, 1.82) is 0 Å². The minimum atomic E-state index is 0.194. The van der Waals surface area contributed by atoms with Gasteiger partial charge in [0.25, 0.3) is 0 Å². The van der Waals surface area contributed by atoms with Crippen LogP contribution in [-0.2, 0) is 6.42 Å². The van der Waals surface area contributed by atoms with Crippen LogP contribution in [0.4, 0.5) is 0 Å². The SMILES string of the molecule is CCC(CNC)Oc1c(C)cc(Cc2cccc(C)c2OC2CCN(C)C2)cc1C. The lowest BCUT2D eigenvalue weighted by atomic mass is 9.98. The van der Waals surface area contributed by atoms with Gasteiger partial charge in [-0.1, -0.05) is 37.3 Å². The van der Waals surface area contributed by atoms with E-state index in [0.717, 1.165) is 50.4 Å². The number of likely N-dealkylation sites (tertiary alicyclic amines) is 1. The Morgan fingerprint density at radius 2 is 1.83 bits per heavy atom. The largest absolute Gasteiger partial charge is 0.489 e. The molecular weight excluding hydrogens is 372 g/mol. The van der Waals surface area contributed by atoms with Crippen molar-refractivity contribution in [2.45, 2.75) is 59.2 Å². The number of likely N-dealkylation sites (N-methyl/N-ethyl adjacent to an activating group) is 2. The van der Waals surface area contributed by atoms with E-state index in [0.29, 0.717) is 0 Å². The lowest BCUT2D eigenvalue weighted by molar-refractivity contribution is 0.194. The van der Waals surface area contributed by atoms with Crippen molar-refractivity contribution >= 4 is 0 Å². The van der Waals surface area contributed by atoms with Gasteiger partial charge in [0.1, 0.15) is 23.7 Å². The molecule has 1 aliphatic rings. The molecule has 0 amide bonds. The summed E-state index contributed by atoms with van der Waals surface area (Å²) >= 11 is 0. The molecule has 3 rings (SSSR count). The van der Waals surface area contributed by atoms with Gasteiger partial charge in [0.05, 0.1) is 0 Å². The van der Waals surface area contributed by atoms with Gasteiger partial charge in [-0.05, 0) is 75.5 Å². The summed E-state index contributed by atoms with van der Waals surface area (Å²) in [5.41, 5.74) is 6.18. The van der Waals surface area contributed by atoms with Crippen LogP contribution >= 0.6 is 0 Å². The summed E-state index contributed by atoms with van der Waals surface area (Å²) in [6, 6.07) is 11.0. The van der Waals surface area contributed by atoms with Gasteiger partial charge in [0, 0.05) is 26.1 Å². The molecule has 30 heavy (non-hydrogen) atoms. The summed E-state index contributed by atoms with van der Waals surface area (Å²) < 4.78 is 12.8. The maximum atomic E-state index is 6.48. The third-order valence-electron chi connectivity index (χ3n) is 6.01. The maximum Gasteiger partial charge on any atom is 0.126 e. The summed E-state index contributed by atoms with van der Waals surface area (Å²) in [7, 11) is 4.14. The molecular formula is C26H38N2O2. The van der Waals surface area contributed by atoms with E-state index in [4.69, 9.17) is 9.47 Å². The van der Waals surface area contributed by atoms with E-state index in [2.05, 4.69) is 75.3 Å². The van der Waals surface area contributed by atoms with Gasteiger partial charge in [-0.15, -0.1) is 0 Å². The Morgan fingerprint density at radius 3 is 2.43 bits per heavy atom. The molecule has 1 N–H and O–H groups in total. The smallest absolute Gasteiger partial charge is 0.126 e. The minimum absolute atomic E-state index is 0.194. The highest BCUT2D eigenvalue weighted by molar-refractivity contribution is 5.48. The zero-order valence-corrected chi connectivity index (χ0v) is 19.5. The zero-order valence-electron chi connectivity index (χ0n) is 19.5. The van der Waals surface area contributed by atoms with Gasteiger partial charge >= 0.3 is 0 Å². The quantitative estimate of drug-likeness (QED) is 0.652. The van der Waals surface area contributed by atoms with Gasteiger partial charge in [-0.2, -0.15) is 0 Å². The molecule has 2 atom stereocenters. The maximum absolute atomic E-state index is 6.48. The van der Waals surface area contributed by atoms with Crippen LogP contribution in [0.5, 0.6) is 11.5 Å². The molecule has 0 radical (unpaired) electrons. The average Bonchev–Trinajstić information content (AvgIpc) is 3.11. The van der Waals surface area contributed by atoms with Crippen LogP contribution in [0, 0.1) is 20.8 Å². The number of hydrogen-bond acceptors (Lipinski definition) is 4. The number of rotatable bonds is 9. The first-order chi connectivity index (χ1) is 14.4. The highest BCUT2D eigenvalue weighted by atomic mass is 16.5. The second kappa shape index (κ2) is 10.3. The average molecular weight is 411 g/mol. The lowest BCUT2D eigenvalue weighted by Gasteiger charge is -2.22. The molecule has 1 aliphatic heterocycles. The second-order valence-corrected chi connectivity index (χ2v) is 8.80. The number of benzene rings is 2. The molecule has 1 saturated heterocycles. The molecule has 0 saturated carbocycles. The van der Waals surface area contributed by atoms with E-state index in [1.54, 1.807) is 0 Å². The molecule has 2 unspecified atom stereocenters. The second-order valence-electron chi connectivity index (χ2n) is 8.80. The van der Waals surface area contributed by atoms with Crippen molar-refractivity contribution in [1.82, 2.24) is 10.2 Å². The molecule has 1 heterocycles. The normalized spacial score (nSPS) is 17.9. The Balaban J connectivity index is 1.80. The molecule has 0 aromatic heterocycles. The highest BCUT2D eigenvalue weighted by Crippen LogP contribution is 2.31. The fourth-order valence-electron chi connectivity index (χ4n) is 4.39. The number of aryl methyl sites for hydroxylation is 3. The molecule has 1 fully saturated rings. The minimum Gasteiger partial charge on any atom is -0.489 e. The first-order valence-electron chi connectivity index (χ1n) is 11.3. The number of hydrogen-bond donors (Lipinski definition) is 1. The molecule has 4 heteroatoms. The van der Waals surface area contributed by atoms with Crippen molar-refractivity contribution in [3.05, 3.63) is 58.1 Å². The van der Waals surface area contributed by atoms with Crippen LogP contribution < -0.4 is 14.8 Å². The van der Waals surface area contributed by atoms with Crippen molar-refractivity contribution in [3.8, 4) is 11.5 Å². The van der Waals surface area contributed by atoms with E-state index in [-0.39, 0.29) is 12.2 Å². The number of ether oxygens (including phenoxy) is 2. The highest BCUT2D eigenvalue weighted by Gasteiger charge is 2.23. The van der Waals surface area contributed by atoms with Crippen molar-refractivity contribution < 1.29 is 9.47 Å². The first kappa shape index (κ1) is 22.6. The topological polar surface area (TPSA) is 33.7 Å². The summed E-state index contributed by atoms with van der Waals surface area (Å²) in [6.07, 6.45) is 3.43. The predicted octanol–water partition coefficient (Wildman–Crippen LogP) is 4.66. The molecule has 0 bridgehead atoms. The van der Waals surface area contributed by atoms with E-state index in [1.165, 1.54) is 27.8 Å². The van der Waals surface area contributed by atoms with Gasteiger partial charge < -0.3 is 19.7 Å². The number of nitrogens with one attached hydrogen (secondary N) is 1. The monoisotopic (exact) mass is 410 g/mol. The van der Waals surface area contributed by atoms with E-state index in [9.17, 15) is 0 Å². The predicted molar refractivity (Wildman–Crippen MR) is 125 cm³/mol. The summed E-state index contributed by atoms with van der Waals surface area (Å²) in [5, 5.41) is 3.22. The zero-order chi connectivity index (χ0) is 21.7. The van der Waals surface area contributed by atoms with E-state index >= 15 is 0 Å². The Kier molecular flexibility index (Phi) is 7.79. The summed E-state index contributed by atoms with van der Waals surface area (Å²) in [6.45, 7) is 11.6. The third kappa shape index (κ3) is 5.55.